The van der Waals surface area contributed by atoms with E-state index < -0.39 is 0 Å². The molecule has 1 aromatic rings. The second-order valence-electron chi connectivity index (χ2n) is 3.50. The van der Waals surface area contributed by atoms with Gasteiger partial charge in [-0.2, -0.15) is 0 Å². The van der Waals surface area contributed by atoms with E-state index in [4.69, 9.17) is 10.5 Å². The number of ether oxygens (including phenoxy) is 1. The van der Waals surface area contributed by atoms with Crippen molar-refractivity contribution >= 4 is 11.5 Å². The highest BCUT2D eigenvalue weighted by atomic mass is 16.5. The van der Waals surface area contributed by atoms with E-state index in [1.165, 1.54) is 0 Å². The van der Waals surface area contributed by atoms with Gasteiger partial charge in [0, 0.05) is 20.3 Å². The number of hydrogen-bond acceptors (Lipinski definition) is 4. The molecule has 0 aliphatic carbocycles. The lowest BCUT2D eigenvalue weighted by atomic mass is 10.3. The van der Waals surface area contributed by atoms with Crippen LogP contribution < -0.4 is 11.1 Å². The summed E-state index contributed by atoms with van der Waals surface area (Å²) in [6.07, 6.45) is 2.15. The molecule has 0 aliphatic heterocycles. The minimum absolute atomic E-state index is 0.736. The lowest BCUT2D eigenvalue weighted by molar-refractivity contribution is 0.194. The molecule has 0 amide bonds. The Labute approximate surface area is 90.8 Å². The van der Waals surface area contributed by atoms with E-state index in [0.717, 1.165) is 43.2 Å². The summed E-state index contributed by atoms with van der Waals surface area (Å²) in [6.45, 7) is 3.64. The van der Waals surface area contributed by atoms with Crippen LogP contribution in [0, 0.1) is 6.92 Å². The molecule has 0 aromatic carbocycles. The molecule has 3 N–H and O–H groups in total. The van der Waals surface area contributed by atoms with Gasteiger partial charge in [-0.1, -0.05) is 0 Å². The molecule has 0 atom stereocenters. The molecule has 15 heavy (non-hydrogen) atoms. The molecule has 0 fully saturated rings. The zero-order valence-corrected chi connectivity index (χ0v) is 9.42. The fourth-order valence-corrected chi connectivity index (χ4v) is 1.26. The Balaban J connectivity index is 2.28. The second kappa shape index (κ2) is 6.24. The smallest absolute Gasteiger partial charge is 0.126 e. The van der Waals surface area contributed by atoms with Crippen LogP contribution in [0.1, 0.15) is 18.5 Å². The summed E-state index contributed by atoms with van der Waals surface area (Å²) in [7, 11) is 1.72. The molecular weight excluding hydrogens is 190 g/mol. The molecule has 0 saturated heterocycles. The predicted molar refractivity (Wildman–Crippen MR) is 63.0 cm³/mol. The van der Waals surface area contributed by atoms with Gasteiger partial charge in [-0.3, -0.25) is 0 Å². The van der Waals surface area contributed by atoms with E-state index in [9.17, 15) is 0 Å². The van der Waals surface area contributed by atoms with Crippen molar-refractivity contribution in [1.82, 2.24) is 4.98 Å². The maximum atomic E-state index is 5.68. The average molecular weight is 209 g/mol. The molecular formula is C11H19N3O. The Kier molecular flexibility index (Phi) is 4.90. The molecule has 1 aromatic heterocycles. The van der Waals surface area contributed by atoms with Crippen molar-refractivity contribution in [1.29, 1.82) is 0 Å². The van der Waals surface area contributed by atoms with Gasteiger partial charge in [-0.15, -0.1) is 0 Å². The number of nitrogens with one attached hydrogen (secondary N) is 1. The zero-order valence-electron chi connectivity index (χ0n) is 9.42. The number of aryl methyl sites for hydroxylation is 1. The van der Waals surface area contributed by atoms with Gasteiger partial charge in [0.1, 0.15) is 5.82 Å². The standard InChI is InChI=1S/C11H19N3O/c1-9-10(12)5-6-11(14-9)13-7-3-4-8-15-2/h5-6H,3-4,7-8,12H2,1-2H3,(H,13,14). The van der Waals surface area contributed by atoms with Gasteiger partial charge in [-0.25, -0.2) is 4.98 Å². The second-order valence-corrected chi connectivity index (χ2v) is 3.50. The highest BCUT2D eigenvalue weighted by Crippen LogP contribution is 2.11. The number of pyridine rings is 1. The lowest BCUT2D eigenvalue weighted by Gasteiger charge is -2.07. The highest BCUT2D eigenvalue weighted by Gasteiger charge is 1.97. The number of hydrogen-bond donors (Lipinski definition) is 2. The largest absolute Gasteiger partial charge is 0.397 e. The van der Waals surface area contributed by atoms with Gasteiger partial charge in [0.25, 0.3) is 0 Å². The Hall–Kier alpha value is -1.29. The van der Waals surface area contributed by atoms with Crippen molar-refractivity contribution in [3.8, 4) is 0 Å². The summed E-state index contributed by atoms with van der Waals surface area (Å²) >= 11 is 0. The quantitative estimate of drug-likeness (QED) is 0.701. The fourth-order valence-electron chi connectivity index (χ4n) is 1.26. The summed E-state index contributed by atoms with van der Waals surface area (Å²) in [5.41, 5.74) is 7.28. The molecule has 0 saturated carbocycles. The van der Waals surface area contributed by atoms with Crippen molar-refractivity contribution in [2.24, 2.45) is 0 Å². The molecule has 4 nitrogen and oxygen atoms in total. The van der Waals surface area contributed by atoms with Gasteiger partial charge >= 0.3 is 0 Å². The third-order valence-corrected chi connectivity index (χ3v) is 2.21. The Bertz CT molecular complexity index is 302. The topological polar surface area (TPSA) is 60.2 Å². The normalized spacial score (nSPS) is 10.3. The van der Waals surface area contributed by atoms with Gasteiger partial charge < -0.3 is 15.8 Å². The van der Waals surface area contributed by atoms with Crippen LogP contribution in [0.25, 0.3) is 0 Å². The molecule has 0 spiro atoms. The molecule has 1 rings (SSSR count). The number of nitrogen functional groups attached to an aromatic ring is 1. The Morgan fingerprint density at radius 3 is 2.87 bits per heavy atom. The molecule has 84 valence electrons. The number of rotatable bonds is 6. The number of aromatic nitrogens is 1. The van der Waals surface area contributed by atoms with Crippen LogP contribution in [0.3, 0.4) is 0 Å². The van der Waals surface area contributed by atoms with Crippen LogP contribution in [-0.4, -0.2) is 25.2 Å². The summed E-state index contributed by atoms with van der Waals surface area (Å²) in [5.74, 6) is 0.888. The first kappa shape index (κ1) is 11.8. The summed E-state index contributed by atoms with van der Waals surface area (Å²) in [4.78, 5) is 4.32. The van der Waals surface area contributed by atoms with Crippen LogP contribution in [0.4, 0.5) is 11.5 Å². The van der Waals surface area contributed by atoms with E-state index in [-0.39, 0.29) is 0 Å². The van der Waals surface area contributed by atoms with E-state index in [0.29, 0.717) is 0 Å². The van der Waals surface area contributed by atoms with Crippen LogP contribution >= 0.6 is 0 Å². The van der Waals surface area contributed by atoms with Crippen molar-refractivity contribution in [3.05, 3.63) is 17.8 Å². The Morgan fingerprint density at radius 1 is 1.40 bits per heavy atom. The molecule has 0 aliphatic rings. The van der Waals surface area contributed by atoms with Crippen LogP contribution in [-0.2, 0) is 4.74 Å². The maximum Gasteiger partial charge on any atom is 0.126 e. The first-order valence-corrected chi connectivity index (χ1v) is 5.20. The van der Waals surface area contributed by atoms with E-state index in [1.807, 2.05) is 19.1 Å². The number of methoxy groups -OCH3 is 1. The molecule has 1 heterocycles. The number of nitrogens with zero attached hydrogens (tertiary/aromatic N) is 1. The van der Waals surface area contributed by atoms with Crippen LogP contribution in [0.5, 0.6) is 0 Å². The van der Waals surface area contributed by atoms with Gasteiger partial charge in [-0.05, 0) is 31.9 Å². The van der Waals surface area contributed by atoms with E-state index >= 15 is 0 Å². The zero-order chi connectivity index (χ0) is 11.1. The van der Waals surface area contributed by atoms with Crippen molar-refractivity contribution in [2.45, 2.75) is 19.8 Å². The lowest BCUT2D eigenvalue weighted by Crippen LogP contribution is -2.05. The summed E-state index contributed by atoms with van der Waals surface area (Å²) < 4.78 is 4.97. The first-order chi connectivity index (χ1) is 7.24. The fraction of sp³-hybridized carbons (Fsp3) is 0.545. The van der Waals surface area contributed by atoms with Crippen molar-refractivity contribution in [3.63, 3.8) is 0 Å². The number of anilines is 2. The number of unbranched alkanes of at least 4 members (excludes halogenated alkanes) is 1. The third-order valence-electron chi connectivity index (χ3n) is 2.21. The minimum Gasteiger partial charge on any atom is -0.397 e. The third kappa shape index (κ3) is 4.16. The molecule has 4 heteroatoms. The van der Waals surface area contributed by atoms with Crippen LogP contribution in [0.2, 0.25) is 0 Å². The number of nitrogens with two attached hydrogens (primary N) is 1. The summed E-state index contributed by atoms with van der Waals surface area (Å²) in [5, 5.41) is 3.25. The van der Waals surface area contributed by atoms with E-state index in [1.54, 1.807) is 7.11 Å². The Morgan fingerprint density at radius 2 is 2.20 bits per heavy atom. The molecule has 0 radical (unpaired) electrons. The predicted octanol–water partition coefficient (Wildman–Crippen LogP) is 1.81. The minimum atomic E-state index is 0.736. The SMILES string of the molecule is COCCCCNc1ccc(N)c(C)n1. The first-order valence-electron chi connectivity index (χ1n) is 5.20. The van der Waals surface area contributed by atoms with Gasteiger partial charge in [0.15, 0.2) is 0 Å². The van der Waals surface area contributed by atoms with Gasteiger partial charge in [0.05, 0.1) is 11.4 Å². The summed E-state index contributed by atoms with van der Waals surface area (Å²) in [6, 6.07) is 3.78. The highest BCUT2D eigenvalue weighted by molar-refractivity contribution is 5.48. The van der Waals surface area contributed by atoms with Gasteiger partial charge in [0.2, 0.25) is 0 Å². The van der Waals surface area contributed by atoms with Crippen molar-refractivity contribution in [2.75, 3.05) is 31.3 Å². The maximum absolute atomic E-state index is 5.68. The average Bonchev–Trinajstić information content (AvgIpc) is 2.23. The monoisotopic (exact) mass is 209 g/mol. The molecule has 0 unspecified atom stereocenters. The van der Waals surface area contributed by atoms with E-state index in [2.05, 4.69) is 10.3 Å². The van der Waals surface area contributed by atoms with Crippen LogP contribution in [0.15, 0.2) is 12.1 Å². The molecule has 0 bridgehead atoms. The van der Waals surface area contributed by atoms with Crippen molar-refractivity contribution < 1.29 is 4.74 Å².